The highest BCUT2D eigenvalue weighted by Crippen LogP contribution is 2.27. The van der Waals surface area contributed by atoms with Crippen LogP contribution in [0.3, 0.4) is 0 Å². The number of rotatable bonds is 2. The van der Waals surface area contributed by atoms with E-state index < -0.39 is 0 Å². The number of hydrogen-bond acceptors (Lipinski definition) is 3. The summed E-state index contributed by atoms with van der Waals surface area (Å²) >= 11 is 3.23. The molecule has 0 aliphatic carbocycles. The summed E-state index contributed by atoms with van der Waals surface area (Å²) in [7, 11) is 0. The molecule has 1 aromatic rings. The van der Waals surface area contributed by atoms with Gasteiger partial charge in [0.2, 0.25) is 0 Å². The smallest absolute Gasteiger partial charge is 0.274 e. The fourth-order valence-corrected chi connectivity index (χ4v) is 2.99. The predicted octanol–water partition coefficient (Wildman–Crippen LogP) is 2.54. The Bertz CT molecular complexity index is 585. The van der Waals surface area contributed by atoms with Crippen LogP contribution in [0, 0.1) is 5.82 Å². The molecule has 21 heavy (non-hydrogen) atoms. The van der Waals surface area contributed by atoms with E-state index in [1.165, 1.54) is 11.0 Å². The Kier molecular flexibility index (Phi) is 4.26. The minimum absolute atomic E-state index is 0.135. The molecule has 2 heterocycles. The molecule has 3 rings (SSSR count). The fourth-order valence-electron chi connectivity index (χ4n) is 2.66. The van der Waals surface area contributed by atoms with Gasteiger partial charge in [-0.05, 0) is 24.6 Å². The summed E-state index contributed by atoms with van der Waals surface area (Å²) in [6.45, 7) is 3.15. The Balaban J connectivity index is 1.85. The van der Waals surface area contributed by atoms with Gasteiger partial charge in [0, 0.05) is 24.1 Å². The topological polar surface area (TPSA) is 32.8 Å². The Morgan fingerprint density at radius 3 is 2.67 bits per heavy atom. The zero-order valence-corrected chi connectivity index (χ0v) is 13.1. The number of hydrogen-bond donors (Lipinski definition) is 0. The minimum Gasteiger partial charge on any atom is -0.378 e. The number of halogens is 2. The molecule has 0 bridgehead atoms. The van der Waals surface area contributed by atoms with Crippen LogP contribution in [0.5, 0.6) is 0 Å². The zero-order chi connectivity index (χ0) is 14.8. The van der Waals surface area contributed by atoms with E-state index >= 15 is 0 Å². The first kappa shape index (κ1) is 14.5. The second-order valence-corrected chi connectivity index (χ2v) is 5.95. The van der Waals surface area contributed by atoms with E-state index in [-0.39, 0.29) is 11.7 Å². The Morgan fingerprint density at radius 1 is 1.19 bits per heavy atom. The lowest BCUT2D eigenvalue weighted by Crippen LogP contribution is -2.45. The molecule has 0 spiro atoms. The largest absolute Gasteiger partial charge is 0.378 e. The molecule has 1 amide bonds. The summed E-state index contributed by atoms with van der Waals surface area (Å²) in [6.07, 6.45) is 2.68. The monoisotopic (exact) mass is 354 g/mol. The van der Waals surface area contributed by atoms with Gasteiger partial charge >= 0.3 is 0 Å². The molecule has 0 saturated carbocycles. The molecule has 0 radical (unpaired) electrons. The van der Waals surface area contributed by atoms with Gasteiger partial charge in [-0.2, -0.15) is 0 Å². The van der Waals surface area contributed by atoms with E-state index in [9.17, 15) is 9.18 Å². The molecule has 1 aromatic carbocycles. The summed E-state index contributed by atoms with van der Waals surface area (Å²) in [6, 6.07) is 4.77. The number of carbonyl (C=O) groups is 1. The molecule has 0 atom stereocenters. The van der Waals surface area contributed by atoms with Crippen molar-refractivity contribution in [3.8, 4) is 0 Å². The molecule has 0 unspecified atom stereocenters. The van der Waals surface area contributed by atoms with Gasteiger partial charge in [-0.3, -0.25) is 4.79 Å². The molecule has 2 aliphatic rings. The van der Waals surface area contributed by atoms with Crippen molar-refractivity contribution >= 4 is 27.5 Å². The van der Waals surface area contributed by atoms with Crippen LogP contribution in [-0.4, -0.2) is 43.7 Å². The van der Waals surface area contributed by atoms with Gasteiger partial charge in [0.1, 0.15) is 5.82 Å². The summed E-state index contributed by atoms with van der Waals surface area (Å²) < 4.78 is 20.1. The van der Waals surface area contributed by atoms with Crippen molar-refractivity contribution in [3.05, 3.63) is 40.3 Å². The molecular weight excluding hydrogens is 339 g/mol. The van der Waals surface area contributed by atoms with E-state index in [1.54, 1.807) is 12.1 Å². The third kappa shape index (κ3) is 2.96. The van der Waals surface area contributed by atoms with Gasteiger partial charge in [0.15, 0.2) is 0 Å². The highest BCUT2D eigenvalue weighted by atomic mass is 79.9. The van der Waals surface area contributed by atoms with E-state index in [2.05, 4.69) is 15.9 Å². The summed E-state index contributed by atoms with van der Waals surface area (Å²) in [5.41, 5.74) is 0.994. The first-order valence-electron chi connectivity index (χ1n) is 6.96. The van der Waals surface area contributed by atoms with Crippen LogP contribution in [0.4, 0.5) is 10.1 Å². The maximum atomic E-state index is 14.1. The van der Waals surface area contributed by atoms with Crippen LogP contribution < -0.4 is 4.90 Å². The number of anilines is 1. The van der Waals surface area contributed by atoms with Crippen LogP contribution in [0.1, 0.15) is 6.42 Å². The standard InChI is InChI=1S/C15H16BrFN2O2/c16-11-3-4-13(12(17)10-11)19-5-1-2-14(15(19)20)18-6-8-21-9-7-18/h2-4,10H,1,5-9H2. The molecule has 112 valence electrons. The molecule has 0 aromatic heterocycles. The molecular formula is C15H16BrFN2O2. The number of benzene rings is 1. The minimum atomic E-state index is -0.388. The second kappa shape index (κ2) is 6.15. The Morgan fingerprint density at radius 2 is 1.95 bits per heavy atom. The number of amides is 1. The Hall–Kier alpha value is -1.40. The summed E-state index contributed by atoms with van der Waals surface area (Å²) in [5.74, 6) is -0.523. The SMILES string of the molecule is O=C1C(N2CCOCC2)=CCCN1c1ccc(Br)cc1F. The lowest BCUT2D eigenvalue weighted by molar-refractivity contribution is -0.117. The zero-order valence-electron chi connectivity index (χ0n) is 11.5. The number of ether oxygens (including phenoxy) is 1. The van der Waals surface area contributed by atoms with Crippen molar-refractivity contribution in [2.75, 3.05) is 37.7 Å². The highest BCUT2D eigenvalue weighted by molar-refractivity contribution is 9.10. The van der Waals surface area contributed by atoms with Gasteiger partial charge in [-0.15, -0.1) is 0 Å². The van der Waals surface area contributed by atoms with Crippen molar-refractivity contribution < 1.29 is 13.9 Å². The number of morpholine rings is 1. The molecule has 1 saturated heterocycles. The molecule has 4 nitrogen and oxygen atoms in total. The van der Waals surface area contributed by atoms with Gasteiger partial charge < -0.3 is 14.5 Å². The fraction of sp³-hybridized carbons (Fsp3) is 0.400. The van der Waals surface area contributed by atoms with E-state index in [1.807, 2.05) is 11.0 Å². The van der Waals surface area contributed by atoms with E-state index in [4.69, 9.17) is 4.74 Å². The second-order valence-electron chi connectivity index (χ2n) is 5.03. The van der Waals surface area contributed by atoms with Gasteiger partial charge in [-0.1, -0.05) is 22.0 Å². The van der Waals surface area contributed by atoms with Crippen molar-refractivity contribution in [1.82, 2.24) is 4.90 Å². The van der Waals surface area contributed by atoms with Gasteiger partial charge in [-0.25, -0.2) is 4.39 Å². The lowest BCUT2D eigenvalue weighted by atomic mass is 10.1. The average molecular weight is 355 g/mol. The number of nitrogens with zero attached hydrogens (tertiary/aromatic N) is 2. The summed E-state index contributed by atoms with van der Waals surface area (Å²) in [4.78, 5) is 16.2. The van der Waals surface area contributed by atoms with Crippen LogP contribution in [-0.2, 0) is 9.53 Å². The average Bonchev–Trinajstić information content (AvgIpc) is 2.49. The van der Waals surface area contributed by atoms with Crippen LogP contribution in [0.2, 0.25) is 0 Å². The third-order valence-corrected chi connectivity index (χ3v) is 4.20. The van der Waals surface area contributed by atoms with E-state index in [0.29, 0.717) is 48.7 Å². The van der Waals surface area contributed by atoms with Crippen molar-refractivity contribution in [3.63, 3.8) is 0 Å². The van der Waals surface area contributed by atoms with Crippen LogP contribution in [0.25, 0.3) is 0 Å². The molecule has 2 aliphatic heterocycles. The van der Waals surface area contributed by atoms with Crippen molar-refractivity contribution in [1.29, 1.82) is 0 Å². The first-order chi connectivity index (χ1) is 10.2. The quantitative estimate of drug-likeness (QED) is 0.818. The molecule has 1 fully saturated rings. The third-order valence-electron chi connectivity index (χ3n) is 3.71. The van der Waals surface area contributed by atoms with Gasteiger partial charge in [0.05, 0.1) is 24.6 Å². The van der Waals surface area contributed by atoms with Crippen LogP contribution in [0.15, 0.2) is 34.4 Å². The molecule has 6 heteroatoms. The normalized spacial score (nSPS) is 19.7. The maximum absolute atomic E-state index is 14.1. The lowest BCUT2D eigenvalue weighted by Gasteiger charge is -2.35. The maximum Gasteiger partial charge on any atom is 0.274 e. The summed E-state index contributed by atoms with van der Waals surface area (Å²) in [5, 5.41) is 0. The van der Waals surface area contributed by atoms with Gasteiger partial charge in [0.25, 0.3) is 5.91 Å². The Labute approximate surface area is 131 Å². The first-order valence-corrected chi connectivity index (χ1v) is 7.76. The molecule has 0 N–H and O–H groups in total. The van der Waals surface area contributed by atoms with Crippen LogP contribution >= 0.6 is 15.9 Å². The predicted molar refractivity (Wildman–Crippen MR) is 81.5 cm³/mol. The highest BCUT2D eigenvalue weighted by Gasteiger charge is 2.29. The van der Waals surface area contributed by atoms with Crippen molar-refractivity contribution in [2.45, 2.75) is 6.42 Å². The number of carbonyl (C=O) groups excluding carboxylic acids is 1. The van der Waals surface area contributed by atoms with Crippen molar-refractivity contribution in [2.24, 2.45) is 0 Å². The van der Waals surface area contributed by atoms with E-state index in [0.717, 1.165) is 6.42 Å².